The zero-order valence-corrected chi connectivity index (χ0v) is 8.22. The van der Waals surface area contributed by atoms with Crippen LogP contribution in [0.2, 0.25) is 0 Å². The third-order valence-corrected chi connectivity index (χ3v) is 2.32. The summed E-state index contributed by atoms with van der Waals surface area (Å²) in [5.74, 6) is 0. The highest BCUT2D eigenvalue weighted by Gasteiger charge is 2.07. The largest absolute Gasteiger partial charge is 0.314 e. The zero-order valence-electron chi connectivity index (χ0n) is 8.22. The van der Waals surface area contributed by atoms with Crippen LogP contribution in [0.3, 0.4) is 0 Å². The van der Waals surface area contributed by atoms with Crippen molar-refractivity contribution < 1.29 is 5.11 Å². The van der Waals surface area contributed by atoms with E-state index in [1.807, 2.05) is 0 Å². The van der Waals surface area contributed by atoms with Gasteiger partial charge in [-0.05, 0) is 19.5 Å². The van der Waals surface area contributed by atoms with Crippen molar-refractivity contribution in [3.63, 3.8) is 0 Å². The summed E-state index contributed by atoms with van der Waals surface area (Å²) in [6, 6.07) is 0. The van der Waals surface area contributed by atoms with E-state index in [1.54, 1.807) is 0 Å². The van der Waals surface area contributed by atoms with Gasteiger partial charge in [-0.2, -0.15) is 0 Å². The molecular weight excluding hydrogens is 166 g/mol. The topological polar surface area (TPSA) is 47.2 Å². The lowest BCUT2D eigenvalue weighted by atomic mass is 10.3. The molecule has 77 valence electrons. The van der Waals surface area contributed by atoms with Gasteiger partial charge in [0.1, 0.15) is 0 Å². The molecule has 0 unspecified atom stereocenters. The fourth-order valence-electron chi connectivity index (χ4n) is 1.56. The number of nitrogens with zero attached hydrogens (tertiary/aromatic N) is 1. The van der Waals surface area contributed by atoms with Crippen molar-refractivity contribution in [3.8, 4) is 0 Å². The normalized spacial score (nSPS) is 19.2. The Labute approximate surface area is 80.3 Å². The molecule has 2 N–H and O–H groups in total. The Balaban J connectivity index is 1.86. The molecule has 4 heteroatoms. The highest BCUT2D eigenvalue weighted by Crippen LogP contribution is 1.93. The van der Waals surface area contributed by atoms with Crippen LogP contribution >= 0.6 is 0 Å². The molecule has 1 aliphatic heterocycles. The minimum atomic E-state index is -0.00632. The summed E-state index contributed by atoms with van der Waals surface area (Å²) < 4.78 is 0. The maximum absolute atomic E-state index is 10.1. The first-order valence-electron chi connectivity index (χ1n) is 5.15. The Morgan fingerprint density at radius 2 is 2.00 bits per heavy atom. The van der Waals surface area contributed by atoms with Gasteiger partial charge in [0, 0.05) is 32.7 Å². The predicted molar refractivity (Wildman–Crippen MR) is 52.3 cm³/mol. The van der Waals surface area contributed by atoms with Crippen LogP contribution in [0.1, 0.15) is 6.42 Å². The Kier molecular flexibility index (Phi) is 6.10. The van der Waals surface area contributed by atoms with Crippen LogP contribution in [0.5, 0.6) is 0 Å². The third kappa shape index (κ3) is 5.21. The van der Waals surface area contributed by atoms with Crippen molar-refractivity contribution in [2.75, 3.05) is 52.4 Å². The van der Waals surface area contributed by atoms with E-state index in [0.29, 0.717) is 6.54 Å². The maximum atomic E-state index is 10.1. The Morgan fingerprint density at radius 3 is 2.69 bits per heavy atom. The first-order valence-corrected chi connectivity index (χ1v) is 5.15. The van der Waals surface area contributed by atoms with E-state index >= 15 is 0 Å². The van der Waals surface area contributed by atoms with Crippen LogP contribution in [0.15, 0.2) is 0 Å². The lowest BCUT2D eigenvalue weighted by Gasteiger charge is -2.27. The summed E-state index contributed by atoms with van der Waals surface area (Å²) in [7, 11) is 0. The molecule has 1 fully saturated rings. The fourth-order valence-corrected chi connectivity index (χ4v) is 1.56. The highest BCUT2D eigenvalue weighted by molar-refractivity contribution is 4.67. The second-order valence-electron chi connectivity index (χ2n) is 3.40. The monoisotopic (exact) mass is 186 g/mol. The summed E-state index contributed by atoms with van der Waals surface area (Å²) in [5, 5.41) is 16.6. The lowest BCUT2D eigenvalue weighted by molar-refractivity contribution is 0.192. The highest BCUT2D eigenvalue weighted by atomic mass is 16.3. The SMILES string of the molecule is [O]CCNCCCN1CCNCC1. The van der Waals surface area contributed by atoms with Gasteiger partial charge >= 0.3 is 0 Å². The molecule has 13 heavy (non-hydrogen) atoms. The van der Waals surface area contributed by atoms with Crippen LogP contribution in [0, 0.1) is 0 Å². The molecule has 1 rings (SSSR count). The van der Waals surface area contributed by atoms with Crippen LogP contribution in [0.25, 0.3) is 0 Å². The van der Waals surface area contributed by atoms with Gasteiger partial charge in [-0.25, -0.2) is 5.11 Å². The zero-order chi connectivity index (χ0) is 9.36. The van der Waals surface area contributed by atoms with Gasteiger partial charge < -0.3 is 15.5 Å². The van der Waals surface area contributed by atoms with Gasteiger partial charge in [0.2, 0.25) is 0 Å². The summed E-state index contributed by atoms with van der Waals surface area (Å²) in [6.07, 6.45) is 1.15. The molecule has 4 nitrogen and oxygen atoms in total. The Bertz CT molecular complexity index is 115. The fraction of sp³-hybridized carbons (Fsp3) is 1.00. The van der Waals surface area contributed by atoms with Crippen molar-refractivity contribution >= 4 is 0 Å². The average molecular weight is 186 g/mol. The van der Waals surface area contributed by atoms with E-state index in [9.17, 15) is 5.11 Å². The number of hydrogen-bond donors (Lipinski definition) is 2. The second-order valence-corrected chi connectivity index (χ2v) is 3.40. The molecule has 0 bridgehead atoms. The van der Waals surface area contributed by atoms with E-state index in [-0.39, 0.29) is 6.61 Å². The van der Waals surface area contributed by atoms with Gasteiger partial charge in [0.15, 0.2) is 0 Å². The van der Waals surface area contributed by atoms with Crippen LogP contribution in [-0.4, -0.2) is 57.3 Å². The van der Waals surface area contributed by atoms with E-state index < -0.39 is 0 Å². The van der Waals surface area contributed by atoms with Crippen molar-refractivity contribution in [2.45, 2.75) is 6.42 Å². The smallest absolute Gasteiger partial charge is 0.0946 e. The molecule has 0 saturated carbocycles. The minimum Gasteiger partial charge on any atom is -0.314 e. The molecule has 0 amide bonds. The molecule has 1 aliphatic rings. The van der Waals surface area contributed by atoms with Crippen LogP contribution in [0.4, 0.5) is 0 Å². The van der Waals surface area contributed by atoms with E-state index in [0.717, 1.165) is 32.6 Å². The second kappa shape index (κ2) is 7.26. The summed E-state index contributed by atoms with van der Waals surface area (Å²) in [4.78, 5) is 2.47. The van der Waals surface area contributed by atoms with E-state index in [4.69, 9.17) is 0 Å². The van der Waals surface area contributed by atoms with Crippen molar-refractivity contribution in [2.24, 2.45) is 0 Å². The van der Waals surface area contributed by atoms with Gasteiger partial charge in [-0.1, -0.05) is 0 Å². The number of nitrogens with one attached hydrogen (secondary N) is 2. The molecule has 0 atom stereocenters. The van der Waals surface area contributed by atoms with Gasteiger partial charge in [-0.15, -0.1) is 0 Å². The van der Waals surface area contributed by atoms with Crippen molar-refractivity contribution in [3.05, 3.63) is 0 Å². The predicted octanol–water partition coefficient (Wildman–Crippen LogP) is -0.698. The Morgan fingerprint density at radius 1 is 1.23 bits per heavy atom. The van der Waals surface area contributed by atoms with Gasteiger partial charge in [0.05, 0.1) is 6.61 Å². The molecule has 0 aromatic rings. The molecule has 0 aliphatic carbocycles. The Hall–Kier alpha value is -0.160. The van der Waals surface area contributed by atoms with Crippen molar-refractivity contribution in [1.82, 2.24) is 15.5 Å². The molecule has 0 aromatic carbocycles. The third-order valence-electron chi connectivity index (χ3n) is 2.32. The first-order chi connectivity index (χ1) is 6.43. The molecule has 0 spiro atoms. The molecule has 1 heterocycles. The summed E-state index contributed by atoms with van der Waals surface area (Å²) >= 11 is 0. The minimum absolute atomic E-state index is 0.00632. The maximum Gasteiger partial charge on any atom is 0.0946 e. The molecule has 1 saturated heterocycles. The summed E-state index contributed by atoms with van der Waals surface area (Å²) in [6.45, 7) is 7.32. The van der Waals surface area contributed by atoms with Gasteiger partial charge in [-0.3, -0.25) is 0 Å². The van der Waals surface area contributed by atoms with E-state index in [2.05, 4.69) is 15.5 Å². The van der Waals surface area contributed by atoms with Crippen molar-refractivity contribution in [1.29, 1.82) is 0 Å². The van der Waals surface area contributed by atoms with Crippen LogP contribution in [-0.2, 0) is 5.11 Å². The quantitative estimate of drug-likeness (QED) is 0.539. The number of hydrogen-bond acceptors (Lipinski definition) is 3. The van der Waals surface area contributed by atoms with E-state index in [1.165, 1.54) is 13.1 Å². The number of piperazine rings is 1. The first kappa shape index (κ1) is 10.9. The molecular formula is C9H20N3O. The van der Waals surface area contributed by atoms with Gasteiger partial charge in [0.25, 0.3) is 0 Å². The van der Waals surface area contributed by atoms with Crippen LogP contribution < -0.4 is 10.6 Å². The standard InChI is InChI=1S/C9H20N3O/c13-9-5-10-2-1-6-12-7-3-11-4-8-12/h10-11H,1-9H2. The molecule has 0 aromatic heterocycles. The average Bonchev–Trinajstić information content (AvgIpc) is 2.19. The summed E-state index contributed by atoms with van der Waals surface area (Å²) in [5.41, 5.74) is 0. The lowest BCUT2D eigenvalue weighted by Crippen LogP contribution is -2.44. The molecule has 1 radical (unpaired) electrons. The number of rotatable bonds is 6.